The summed E-state index contributed by atoms with van der Waals surface area (Å²) < 4.78 is 5.45. The lowest BCUT2D eigenvalue weighted by atomic mass is 9.95. The zero-order valence-electron chi connectivity index (χ0n) is 15.5. The fraction of sp³-hybridized carbons (Fsp3) is 0.292. The van der Waals surface area contributed by atoms with E-state index in [9.17, 15) is 4.79 Å². The first-order valence-electron chi connectivity index (χ1n) is 9.71. The van der Waals surface area contributed by atoms with Crippen LogP contribution >= 0.6 is 0 Å². The normalized spacial score (nSPS) is 16.6. The Morgan fingerprint density at radius 1 is 1.04 bits per heavy atom. The van der Waals surface area contributed by atoms with E-state index in [4.69, 9.17) is 4.74 Å². The average molecular weight is 359 g/mol. The minimum Gasteiger partial charge on any atom is -0.460 e. The largest absolute Gasteiger partial charge is 0.460 e. The maximum Gasteiger partial charge on any atom is 0.293 e. The van der Waals surface area contributed by atoms with Gasteiger partial charge in [0.1, 0.15) is 6.10 Å². The second-order valence-electron chi connectivity index (χ2n) is 7.21. The lowest BCUT2D eigenvalue weighted by Gasteiger charge is -2.26. The summed E-state index contributed by atoms with van der Waals surface area (Å²) in [6.45, 7) is 2.68. The molecule has 0 amide bonds. The molecule has 1 aliphatic carbocycles. The fourth-order valence-corrected chi connectivity index (χ4v) is 3.92. The van der Waals surface area contributed by atoms with Crippen LogP contribution in [0.4, 0.5) is 0 Å². The molecule has 0 spiro atoms. The van der Waals surface area contributed by atoms with Gasteiger partial charge < -0.3 is 9.64 Å². The van der Waals surface area contributed by atoms with Crippen LogP contribution in [0.15, 0.2) is 72.5 Å². The van der Waals surface area contributed by atoms with Crippen LogP contribution < -0.4 is 0 Å². The molecule has 27 heavy (non-hydrogen) atoms. The summed E-state index contributed by atoms with van der Waals surface area (Å²) in [6.07, 6.45) is 10.0. The number of nitrogens with zero attached hydrogens (tertiary/aromatic N) is 1. The van der Waals surface area contributed by atoms with Gasteiger partial charge in [0.05, 0.1) is 0 Å². The van der Waals surface area contributed by atoms with Crippen molar-refractivity contribution in [1.29, 1.82) is 0 Å². The van der Waals surface area contributed by atoms with Gasteiger partial charge in [-0.2, -0.15) is 0 Å². The lowest BCUT2D eigenvalue weighted by molar-refractivity contribution is -0.134. The molecule has 2 aromatic rings. The van der Waals surface area contributed by atoms with E-state index in [1.165, 1.54) is 22.4 Å². The SMILES string of the molecule is O=COC(CCc1ccccc1)c1ccc2c(c1)CCN(C1=CC=C1)CC2. The number of benzene rings is 2. The Morgan fingerprint density at radius 3 is 2.52 bits per heavy atom. The molecule has 0 radical (unpaired) electrons. The molecule has 0 saturated heterocycles. The van der Waals surface area contributed by atoms with Gasteiger partial charge in [0.15, 0.2) is 0 Å². The van der Waals surface area contributed by atoms with Crippen molar-refractivity contribution in [3.8, 4) is 0 Å². The van der Waals surface area contributed by atoms with Crippen molar-refractivity contribution >= 4 is 6.47 Å². The fourth-order valence-electron chi connectivity index (χ4n) is 3.92. The standard InChI is InChI=1S/C24H25NO2/c26-18-27-24(12-9-19-5-2-1-3-6-19)22-11-10-20-13-15-25(23-7-4-8-23)16-14-21(20)17-22/h1-8,10-11,17-18,24H,9,12-16H2. The number of carbonyl (C=O) groups is 1. The quantitative estimate of drug-likeness (QED) is 0.687. The van der Waals surface area contributed by atoms with Crippen molar-refractivity contribution < 1.29 is 9.53 Å². The Morgan fingerprint density at radius 2 is 1.81 bits per heavy atom. The third-order valence-corrected chi connectivity index (χ3v) is 5.56. The van der Waals surface area contributed by atoms with Gasteiger partial charge in [0.2, 0.25) is 0 Å². The topological polar surface area (TPSA) is 29.5 Å². The molecular weight excluding hydrogens is 334 g/mol. The van der Waals surface area contributed by atoms with Gasteiger partial charge in [-0.15, -0.1) is 0 Å². The molecule has 0 saturated carbocycles. The van der Waals surface area contributed by atoms with Crippen LogP contribution in [-0.2, 0) is 28.8 Å². The summed E-state index contributed by atoms with van der Waals surface area (Å²) >= 11 is 0. The van der Waals surface area contributed by atoms with Crippen molar-refractivity contribution in [2.24, 2.45) is 0 Å². The number of hydrogen-bond acceptors (Lipinski definition) is 3. The van der Waals surface area contributed by atoms with E-state index in [0.29, 0.717) is 6.47 Å². The Hall–Kier alpha value is -2.81. The molecular formula is C24H25NO2. The summed E-state index contributed by atoms with van der Waals surface area (Å²) in [7, 11) is 0. The molecule has 1 heterocycles. The van der Waals surface area contributed by atoms with Gasteiger partial charge in [0.25, 0.3) is 6.47 Å². The monoisotopic (exact) mass is 359 g/mol. The first kappa shape index (κ1) is 17.6. The molecule has 0 aromatic heterocycles. The molecule has 0 fully saturated rings. The minimum absolute atomic E-state index is 0.190. The summed E-state index contributed by atoms with van der Waals surface area (Å²) in [5.74, 6) is 0. The number of hydrogen-bond donors (Lipinski definition) is 0. The van der Waals surface area contributed by atoms with Crippen molar-refractivity contribution in [2.45, 2.75) is 31.8 Å². The van der Waals surface area contributed by atoms with E-state index < -0.39 is 0 Å². The van der Waals surface area contributed by atoms with Gasteiger partial charge >= 0.3 is 0 Å². The van der Waals surface area contributed by atoms with Crippen LogP contribution in [-0.4, -0.2) is 24.5 Å². The highest BCUT2D eigenvalue weighted by atomic mass is 16.5. The van der Waals surface area contributed by atoms with Crippen molar-refractivity contribution in [3.63, 3.8) is 0 Å². The Labute approximate surface area is 161 Å². The first-order valence-corrected chi connectivity index (χ1v) is 9.71. The maximum atomic E-state index is 11.1. The van der Waals surface area contributed by atoms with Crippen LogP contribution in [0.3, 0.4) is 0 Å². The first-order chi connectivity index (χ1) is 13.3. The number of ether oxygens (including phenoxy) is 1. The summed E-state index contributed by atoms with van der Waals surface area (Å²) in [5, 5.41) is 0. The molecule has 1 aliphatic heterocycles. The van der Waals surface area contributed by atoms with E-state index in [0.717, 1.165) is 44.3 Å². The molecule has 2 aromatic carbocycles. The number of fused-ring (bicyclic) bond motifs is 1. The van der Waals surface area contributed by atoms with Crippen molar-refractivity contribution in [3.05, 3.63) is 94.7 Å². The Bertz CT molecular complexity index is 854. The molecule has 1 atom stereocenters. The summed E-state index contributed by atoms with van der Waals surface area (Å²) in [5.41, 5.74) is 6.52. The van der Waals surface area contributed by atoms with Crippen LogP contribution in [0, 0.1) is 0 Å². The summed E-state index contributed by atoms with van der Waals surface area (Å²) in [4.78, 5) is 13.5. The van der Waals surface area contributed by atoms with E-state index in [-0.39, 0.29) is 6.10 Å². The Balaban J connectivity index is 1.47. The predicted octanol–water partition coefficient (Wildman–Crippen LogP) is 4.39. The number of carbonyl (C=O) groups excluding carboxylic acids is 1. The van der Waals surface area contributed by atoms with E-state index in [1.54, 1.807) is 0 Å². The van der Waals surface area contributed by atoms with Gasteiger partial charge in [-0.25, -0.2) is 0 Å². The Kier molecular flexibility index (Phi) is 5.38. The van der Waals surface area contributed by atoms with Gasteiger partial charge in [-0.1, -0.05) is 54.6 Å². The maximum absolute atomic E-state index is 11.1. The molecule has 3 nitrogen and oxygen atoms in total. The molecule has 138 valence electrons. The minimum atomic E-state index is -0.190. The third kappa shape index (κ3) is 4.13. The van der Waals surface area contributed by atoms with E-state index >= 15 is 0 Å². The van der Waals surface area contributed by atoms with Crippen LogP contribution in [0.2, 0.25) is 0 Å². The zero-order chi connectivity index (χ0) is 18.5. The van der Waals surface area contributed by atoms with Crippen LogP contribution in [0.25, 0.3) is 0 Å². The smallest absolute Gasteiger partial charge is 0.293 e. The molecule has 3 heteroatoms. The van der Waals surface area contributed by atoms with Gasteiger partial charge in [0, 0.05) is 18.8 Å². The zero-order valence-corrected chi connectivity index (χ0v) is 15.5. The second kappa shape index (κ2) is 8.26. The highest BCUT2D eigenvalue weighted by Crippen LogP contribution is 2.28. The highest BCUT2D eigenvalue weighted by molar-refractivity contribution is 5.41. The average Bonchev–Trinajstić information content (AvgIpc) is 2.87. The van der Waals surface area contributed by atoms with E-state index in [1.807, 2.05) is 18.2 Å². The lowest BCUT2D eigenvalue weighted by Crippen LogP contribution is -2.26. The molecule has 0 bridgehead atoms. The third-order valence-electron chi connectivity index (χ3n) is 5.56. The number of allylic oxidation sites excluding steroid dienone is 3. The van der Waals surface area contributed by atoms with Gasteiger partial charge in [-0.05, 0) is 60.1 Å². The number of rotatable bonds is 7. The van der Waals surface area contributed by atoms with Gasteiger partial charge in [-0.3, -0.25) is 4.79 Å². The molecule has 0 N–H and O–H groups in total. The predicted molar refractivity (Wildman–Crippen MR) is 107 cm³/mol. The molecule has 1 unspecified atom stereocenters. The molecule has 4 rings (SSSR count). The van der Waals surface area contributed by atoms with Crippen LogP contribution in [0.1, 0.15) is 34.8 Å². The molecule has 2 aliphatic rings. The van der Waals surface area contributed by atoms with Crippen molar-refractivity contribution in [1.82, 2.24) is 4.90 Å². The number of aryl methyl sites for hydroxylation is 1. The van der Waals surface area contributed by atoms with Crippen molar-refractivity contribution in [2.75, 3.05) is 13.1 Å². The second-order valence-corrected chi connectivity index (χ2v) is 7.21. The van der Waals surface area contributed by atoms with Crippen LogP contribution in [0.5, 0.6) is 0 Å². The van der Waals surface area contributed by atoms with E-state index in [2.05, 4.69) is 53.5 Å². The highest BCUT2D eigenvalue weighted by Gasteiger charge is 2.19. The summed E-state index contributed by atoms with van der Waals surface area (Å²) in [6, 6.07) is 17.0.